The van der Waals surface area contributed by atoms with Crippen molar-refractivity contribution in [2.45, 2.75) is 13.8 Å². The number of nitrogens with zero attached hydrogens (tertiary/aromatic N) is 6. The normalized spacial score (nSPS) is 15.9. The van der Waals surface area contributed by atoms with Gasteiger partial charge < -0.3 is 29.7 Å². The molecular weight excluding hydrogens is 500 g/mol. The number of nitrogens with one attached hydrogen (secondary N) is 2. The summed E-state index contributed by atoms with van der Waals surface area (Å²) in [6.45, 7) is 9.04. The van der Waals surface area contributed by atoms with E-state index in [4.69, 9.17) is 24.4 Å². The van der Waals surface area contributed by atoms with E-state index in [1.54, 1.807) is 24.3 Å². The van der Waals surface area contributed by atoms with Crippen LogP contribution >= 0.6 is 0 Å². The average Bonchev–Trinajstić information content (AvgIpc) is 2.97. The van der Waals surface area contributed by atoms with Crippen LogP contribution in [0.4, 0.5) is 22.4 Å². The van der Waals surface area contributed by atoms with Crippen LogP contribution in [0.5, 0.6) is 5.75 Å². The van der Waals surface area contributed by atoms with E-state index >= 15 is 0 Å². The largest absolute Gasteiger partial charge is 0.507 e. The average molecular weight is 533 g/mol. The Bertz CT molecular complexity index is 1280. The van der Waals surface area contributed by atoms with Crippen molar-refractivity contribution >= 4 is 29.8 Å². The van der Waals surface area contributed by atoms with Gasteiger partial charge in [-0.2, -0.15) is 20.1 Å². The summed E-state index contributed by atoms with van der Waals surface area (Å²) in [5, 5.41) is 16.7. The smallest absolute Gasteiger partial charge is 0.339 e. The fraction of sp³-hybridized carbons (Fsp3) is 0.370. The molecule has 2 saturated heterocycles. The lowest BCUT2D eigenvalue weighted by Crippen LogP contribution is -2.40. The Hall–Kier alpha value is -4.29. The molecular formula is C27H32N8O4. The van der Waals surface area contributed by atoms with E-state index in [-0.39, 0.29) is 5.75 Å². The second-order valence-corrected chi connectivity index (χ2v) is 9.36. The molecule has 12 heteroatoms. The maximum Gasteiger partial charge on any atom is 0.339 e. The molecule has 204 valence electrons. The summed E-state index contributed by atoms with van der Waals surface area (Å²) < 4.78 is 11.0. The van der Waals surface area contributed by atoms with Crippen LogP contribution in [0, 0.1) is 13.8 Å². The molecule has 0 unspecified atom stereocenters. The maximum absolute atomic E-state index is 12.3. The van der Waals surface area contributed by atoms with Crippen LogP contribution in [0.3, 0.4) is 0 Å². The van der Waals surface area contributed by atoms with Gasteiger partial charge in [0.05, 0.1) is 32.6 Å². The van der Waals surface area contributed by atoms with E-state index in [9.17, 15) is 9.90 Å². The first kappa shape index (κ1) is 26.3. The Balaban J connectivity index is 1.27. The zero-order valence-electron chi connectivity index (χ0n) is 22.1. The fourth-order valence-corrected chi connectivity index (χ4v) is 4.38. The predicted octanol–water partition coefficient (Wildman–Crippen LogP) is 2.69. The summed E-state index contributed by atoms with van der Waals surface area (Å²) in [6, 6.07) is 10.4. The first-order valence-electron chi connectivity index (χ1n) is 12.9. The Morgan fingerprint density at radius 2 is 1.44 bits per heavy atom. The van der Waals surface area contributed by atoms with Crippen LogP contribution in [0.2, 0.25) is 0 Å². The summed E-state index contributed by atoms with van der Waals surface area (Å²) in [6.07, 6.45) is 1.53. The zero-order valence-corrected chi connectivity index (χ0v) is 22.1. The quantitative estimate of drug-likeness (QED) is 0.323. The van der Waals surface area contributed by atoms with Gasteiger partial charge in [-0.15, -0.1) is 0 Å². The highest BCUT2D eigenvalue weighted by Crippen LogP contribution is 2.24. The number of ether oxygens (including phenoxy) is 2. The summed E-state index contributed by atoms with van der Waals surface area (Å²) in [4.78, 5) is 30.8. The lowest BCUT2D eigenvalue weighted by Gasteiger charge is -2.30. The van der Waals surface area contributed by atoms with Crippen molar-refractivity contribution in [1.29, 1.82) is 0 Å². The summed E-state index contributed by atoms with van der Waals surface area (Å²) in [5.74, 6) is 2.08. The van der Waals surface area contributed by atoms with Gasteiger partial charge in [0, 0.05) is 37.4 Å². The third-order valence-corrected chi connectivity index (χ3v) is 6.49. The minimum absolute atomic E-state index is 0.258. The van der Waals surface area contributed by atoms with Gasteiger partial charge in [0.1, 0.15) is 5.75 Å². The van der Waals surface area contributed by atoms with Crippen LogP contribution in [-0.4, -0.2) is 84.9 Å². The van der Waals surface area contributed by atoms with Crippen LogP contribution in [0.25, 0.3) is 11.4 Å². The van der Waals surface area contributed by atoms with Crippen molar-refractivity contribution in [2.75, 3.05) is 67.7 Å². The molecule has 5 rings (SSSR count). The molecule has 0 saturated carbocycles. The highest BCUT2D eigenvalue weighted by molar-refractivity contribution is 5.90. The number of carbonyl (C=O) groups excluding carboxylic acids is 1. The van der Waals surface area contributed by atoms with Gasteiger partial charge in [-0.1, -0.05) is 0 Å². The van der Waals surface area contributed by atoms with E-state index in [1.165, 1.54) is 6.21 Å². The van der Waals surface area contributed by atoms with Crippen LogP contribution < -0.4 is 20.5 Å². The maximum atomic E-state index is 12.3. The molecule has 39 heavy (non-hydrogen) atoms. The fourth-order valence-electron chi connectivity index (χ4n) is 4.38. The molecule has 2 aromatic carbocycles. The number of hydrogen-bond acceptors (Lipinski definition) is 10. The third kappa shape index (κ3) is 6.59. The van der Waals surface area contributed by atoms with E-state index < -0.39 is 6.03 Å². The standard InChI is InChI=1S/C27H32N8O4/c1-18-15-20(16-19(2)23(18)36)17-28-33-27(37)29-22-5-3-21(4-6-22)24-30-25(34-7-11-38-12-8-34)32-26(31-24)35-9-13-39-14-10-35/h3-6,15-17,36H,7-14H2,1-2H3,(H2,29,33,37)/b28-17+. The van der Waals surface area contributed by atoms with Gasteiger partial charge in [-0.3, -0.25) is 0 Å². The first-order valence-corrected chi connectivity index (χ1v) is 12.9. The molecule has 0 aliphatic carbocycles. The SMILES string of the molecule is Cc1cc(/C=N/NC(=O)Nc2ccc(-c3nc(N4CCOCC4)nc(N4CCOCC4)n3)cc2)cc(C)c1O. The number of phenols is 1. The molecule has 12 nitrogen and oxygen atoms in total. The van der Waals surface area contributed by atoms with Crippen molar-refractivity contribution in [2.24, 2.45) is 5.10 Å². The van der Waals surface area contributed by atoms with Crippen LogP contribution in [0.15, 0.2) is 41.5 Å². The number of urea groups is 1. The number of morpholine rings is 2. The number of hydrogen-bond donors (Lipinski definition) is 3. The molecule has 3 heterocycles. The molecule has 0 bridgehead atoms. The Morgan fingerprint density at radius 3 is 1.97 bits per heavy atom. The number of anilines is 3. The molecule has 2 amide bonds. The number of aryl methyl sites for hydroxylation is 2. The van der Waals surface area contributed by atoms with E-state index in [0.29, 0.717) is 49.8 Å². The monoisotopic (exact) mass is 532 g/mol. The molecule has 1 aromatic heterocycles. The van der Waals surface area contributed by atoms with E-state index in [2.05, 4.69) is 25.6 Å². The van der Waals surface area contributed by atoms with Gasteiger partial charge in [-0.05, 0) is 66.9 Å². The Kier molecular flexibility index (Phi) is 8.13. The number of amides is 2. The molecule has 2 fully saturated rings. The molecule has 2 aliphatic heterocycles. The summed E-state index contributed by atoms with van der Waals surface area (Å²) in [5.41, 5.74) is 6.13. The van der Waals surface area contributed by atoms with Gasteiger partial charge >= 0.3 is 6.03 Å². The van der Waals surface area contributed by atoms with E-state index in [0.717, 1.165) is 48.4 Å². The number of benzene rings is 2. The third-order valence-electron chi connectivity index (χ3n) is 6.49. The molecule has 0 atom stereocenters. The zero-order chi connectivity index (χ0) is 27.2. The predicted molar refractivity (Wildman–Crippen MR) is 149 cm³/mol. The Morgan fingerprint density at radius 1 is 0.897 bits per heavy atom. The number of rotatable bonds is 6. The lowest BCUT2D eigenvalue weighted by atomic mass is 10.1. The second-order valence-electron chi connectivity index (χ2n) is 9.36. The molecule has 2 aliphatic rings. The number of hydrazone groups is 1. The number of aromatic nitrogens is 3. The minimum Gasteiger partial charge on any atom is -0.507 e. The van der Waals surface area contributed by atoms with Crippen LogP contribution in [-0.2, 0) is 9.47 Å². The Labute approximate surface area is 226 Å². The van der Waals surface area contributed by atoms with Gasteiger partial charge in [0.25, 0.3) is 0 Å². The summed E-state index contributed by atoms with van der Waals surface area (Å²) >= 11 is 0. The topological polar surface area (TPSA) is 137 Å². The highest BCUT2D eigenvalue weighted by Gasteiger charge is 2.21. The first-order chi connectivity index (χ1) is 19.0. The van der Waals surface area contributed by atoms with Gasteiger partial charge in [0.15, 0.2) is 5.82 Å². The molecule has 3 N–H and O–H groups in total. The van der Waals surface area contributed by atoms with Crippen molar-refractivity contribution in [3.05, 3.63) is 53.1 Å². The van der Waals surface area contributed by atoms with Crippen molar-refractivity contribution < 1.29 is 19.4 Å². The van der Waals surface area contributed by atoms with Gasteiger partial charge in [-0.25, -0.2) is 10.2 Å². The number of phenolic OH excluding ortho intramolecular Hbond substituents is 1. The van der Waals surface area contributed by atoms with E-state index in [1.807, 2.05) is 26.0 Å². The lowest BCUT2D eigenvalue weighted by molar-refractivity contribution is 0.121. The molecule has 0 radical (unpaired) electrons. The molecule has 0 spiro atoms. The minimum atomic E-state index is -0.476. The van der Waals surface area contributed by atoms with Crippen molar-refractivity contribution in [3.8, 4) is 17.1 Å². The van der Waals surface area contributed by atoms with Crippen molar-refractivity contribution in [1.82, 2.24) is 20.4 Å². The van der Waals surface area contributed by atoms with Crippen molar-refractivity contribution in [3.63, 3.8) is 0 Å². The second kappa shape index (κ2) is 12.0. The molecule has 3 aromatic rings. The van der Waals surface area contributed by atoms with Crippen LogP contribution in [0.1, 0.15) is 16.7 Å². The number of carbonyl (C=O) groups is 1. The van der Waals surface area contributed by atoms with Gasteiger partial charge in [0.2, 0.25) is 11.9 Å². The highest BCUT2D eigenvalue weighted by atomic mass is 16.5. The summed E-state index contributed by atoms with van der Waals surface area (Å²) in [7, 11) is 0. The number of aromatic hydroxyl groups is 1.